The molecule has 0 radical (unpaired) electrons. The van der Waals surface area contributed by atoms with Gasteiger partial charge >= 0.3 is 0 Å². The second kappa shape index (κ2) is 9.21. The molecule has 2 amide bonds. The molecule has 0 unspecified atom stereocenters. The zero-order valence-corrected chi connectivity index (χ0v) is 15.8. The van der Waals surface area contributed by atoms with Gasteiger partial charge in [0.1, 0.15) is 5.75 Å². The van der Waals surface area contributed by atoms with Gasteiger partial charge in [-0.05, 0) is 37.1 Å². The number of carbonyl (C=O) groups excluding carboxylic acids is 2. The lowest BCUT2D eigenvalue weighted by Crippen LogP contribution is -2.37. The van der Waals surface area contributed by atoms with E-state index in [0.29, 0.717) is 39.2 Å². The zero-order valence-electron chi connectivity index (χ0n) is 15.8. The van der Waals surface area contributed by atoms with Gasteiger partial charge in [-0.2, -0.15) is 0 Å². The van der Waals surface area contributed by atoms with Crippen molar-refractivity contribution >= 4 is 11.8 Å². The van der Waals surface area contributed by atoms with Gasteiger partial charge in [-0.15, -0.1) is 0 Å². The average Bonchev–Trinajstić information content (AvgIpc) is 2.95. The summed E-state index contributed by atoms with van der Waals surface area (Å²) >= 11 is 0. The Kier molecular flexibility index (Phi) is 6.47. The molecule has 0 aromatic heterocycles. The number of para-hydroxylation sites is 1. The van der Waals surface area contributed by atoms with E-state index in [9.17, 15) is 9.59 Å². The van der Waals surface area contributed by atoms with Crippen molar-refractivity contribution in [2.75, 3.05) is 32.8 Å². The number of rotatable bonds is 5. The van der Waals surface area contributed by atoms with Crippen LogP contribution in [-0.2, 0) is 4.79 Å². The minimum absolute atomic E-state index is 0.0507. The maximum absolute atomic E-state index is 12.8. The van der Waals surface area contributed by atoms with E-state index in [-0.39, 0.29) is 11.8 Å². The predicted molar refractivity (Wildman–Crippen MR) is 105 cm³/mol. The monoisotopic (exact) mass is 366 g/mol. The molecule has 0 atom stereocenters. The molecule has 1 heterocycles. The molecule has 3 rings (SSSR count). The molecule has 0 N–H and O–H groups in total. The summed E-state index contributed by atoms with van der Waals surface area (Å²) in [7, 11) is 0. The van der Waals surface area contributed by atoms with Gasteiger partial charge in [0.05, 0.1) is 13.0 Å². The Hall–Kier alpha value is -2.82. The fourth-order valence-electron chi connectivity index (χ4n) is 3.28. The minimum atomic E-state index is 0.0507. The molecule has 5 nitrogen and oxygen atoms in total. The topological polar surface area (TPSA) is 49.9 Å². The molecule has 27 heavy (non-hydrogen) atoms. The highest BCUT2D eigenvalue weighted by molar-refractivity contribution is 5.95. The van der Waals surface area contributed by atoms with Gasteiger partial charge in [0, 0.05) is 31.7 Å². The average molecular weight is 366 g/mol. The van der Waals surface area contributed by atoms with Crippen LogP contribution in [0.15, 0.2) is 54.6 Å². The molecule has 0 spiro atoms. The van der Waals surface area contributed by atoms with Crippen LogP contribution in [0.1, 0.15) is 28.8 Å². The highest BCUT2D eigenvalue weighted by Crippen LogP contribution is 2.14. The van der Waals surface area contributed by atoms with E-state index in [2.05, 4.69) is 0 Å². The quantitative estimate of drug-likeness (QED) is 0.817. The standard InChI is InChI=1S/C22H26N2O3/c1-18-8-5-6-11-20(18)22(26)24-14-7-13-23(15-16-24)21(25)12-17-27-19-9-3-2-4-10-19/h2-6,8-11H,7,12-17H2,1H3. The summed E-state index contributed by atoms with van der Waals surface area (Å²) in [4.78, 5) is 29.0. The lowest BCUT2D eigenvalue weighted by Gasteiger charge is -2.23. The Morgan fingerprint density at radius 1 is 0.889 bits per heavy atom. The first-order chi connectivity index (χ1) is 13.1. The summed E-state index contributed by atoms with van der Waals surface area (Å²) in [5, 5.41) is 0. The van der Waals surface area contributed by atoms with Crippen LogP contribution in [0, 0.1) is 6.92 Å². The number of nitrogens with zero attached hydrogens (tertiary/aromatic N) is 2. The Balaban J connectivity index is 1.49. The van der Waals surface area contributed by atoms with E-state index < -0.39 is 0 Å². The van der Waals surface area contributed by atoms with Crippen molar-refractivity contribution in [1.29, 1.82) is 0 Å². The first-order valence-corrected chi connectivity index (χ1v) is 9.45. The van der Waals surface area contributed by atoms with Gasteiger partial charge in [-0.25, -0.2) is 0 Å². The van der Waals surface area contributed by atoms with Crippen molar-refractivity contribution < 1.29 is 14.3 Å². The molecule has 0 bridgehead atoms. The Morgan fingerprint density at radius 2 is 1.56 bits per heavy atom. The van der Waals surface area contributed by atoms with E-state index in [0.717, 1.165) is 23.3 Å². The highest BCUT2D eigenvalue weighted by Gasteiger charge is 2.23. The van der Waals surface area contributed by atoms with Crippen molar-refractivity contribution in [2.45, 2.75) is 19.8 Å². The van der Waals surface area contributed by atoms with Gasteiger partial charge < -0.3 is 14.5 Å². The minimum Gasteiger partial charge on any atom is -0.493 e. The Bertz CT molecular complexity index is 776. The summed E-state index contributed by atoms with van der Waals surface area (Å²) < 4.78 is 5.62. The smallest absolute Gasteiger partial charge is 0.254 e. The van der Waals surface area contributed by atoms with E-state index in [1.54, 1.807) is 0 Å². The van der Waals surface area contributed by atoms with Gasteiger partial charge in [0.15, 0.2) is 0 Å². The second-order valence-electron chi connectivity index (χ2n) is 6.75. The highest BCUT2D eigenvalue weighted by atomic mass is 16.5. The molecule has 1 fully saturated rings. The molecular formula is C22H26N2O3. The molecule has 2 aromatic carbocycles. The molecule has 1 saturated heterocycles. The number of amides is 2. The number of carbonyl (C=O) groups is 2. The molecule has 0 saturated carbocycles. The lowest BCUT2D eigenvalue weighted by molar-refractivity contribution is -0.131. The Morgan fingerprint density at radius 3 is 2.33 bits per heavy atom. The molecule has 2 aromatic rings. The van der Waals surface area contributed by atoms with Crippen LogP contribution < -0.4 is 4.74 Å². The van der Waals surface area contributed by atoms with Crippen molar-refractivity contribution in [3.8, 4) is 5.75 Å². The third kappa shape index (κ3) is 5.09. The van der Waals surface area contributed by atoms with Crippen molar-refractivity contribution in [2.24, 2.45) is 0 Å². The number of hydrogen-bond acceptors (Lipinski definition) is 3. The summed E-state index contributed by atoms with van der Waals surface area (Å²) in [6, 6.07) is 17.2. The van der Waals surface area contributed by atoms with Crippen LogP contribution in [0.2, 0.25) is 0 Å². The van der Waals surface area contributed by atoms with E-state index in [1.165, 1.54) is 0 Å². The fraction of sp³-hybridized carbons (Fsp3) is 0.364. The van der Waals surface area contributed by atoms with Crippen molar-refractivity contribution in [3.63, 3.8) is 0 Å². The molecule has 1 aliphatic rings. The van der Waals surface area contributed by atoms with Crippen LogP contribution in [0.3, 0.4) is 0 Å². The number of ether oxygens (including phenoxy) is 1. The largest absolute Gasteiger partial charge is 0.493 e. The number of aryl methyl sites for hydroxylation is 1. The fourth-order valence-corrected chi connectivity index (χ4v) is 3.28. The summed E-state index contributed by atoms with van der Waals surface area (Å²) in [6.45, 7) is 4.82. The van der Waals surface area contributed by atoms with Gasteiger partial charge in [-0.3, -0.25) is 9.59 Å². The number of hydrogen-bond donors (Lipinski definition) is 0. The summed E-state index contributed by atoms with van der Waals surface area (Å²) in [6.07, 6.45) is 1.14. The summed E-state index contributed by atoms with van der Waals surface area (Å²) in [5.41, 5.74) is 1.73. The Labute approximate surface area is 160 Å². The van der Waals surface area contributed by atoms with Gasteiger partial charge in [-0.1, -0.05) is 36.4 Å². The predicted octanol–water partition coefficient (Wildman–Crippen LogP) is 3.14. The molecule has 142 valence electrons. The maximum atomic E-state index is 12.8. The van der Waals surface area contributed by atoms with Crippen LogP contribution in [0.4, 0.5) is 0 Å². The lowest BCUT2D eigenvalue weighted by atomic mass is 10.1. The third-order valence-electron chi connectivity index (χ3n) is 4.84. The van der Waals surface area contributed by atoms with Crippen molar-refractivity contribution in [3.05, 3.63) is 65.7 Å². The van der Waals surface area contributed by atoms with Crippen LogP contribution in [-0.4, -0.2) is 54.4 Å². The van der Waals surface area contributed by atoms with Crippen molar-refractivity contribution in [1.82, 2.24) is 9.80 Å². The van der Waals surface area contributed by atoms with Crippen LogP contribution in [0.5, 0.6) is 5.75 Å². The van der Waals surface area contributed by atoms with Crippen LogP contribution >= 0.6 is 0 Å². The third-order valence-corrected chi connectivity index (χ3v) is 4.84. The van der Waals surface area contributed by atoms with Gasteiger partial charge in [0.25, 0.3) is 5.91 Å². The first kappa shape index (κ1) is 19.0. The van der Waals surface area contributed by atoms with Gasteiger partial charge in [0.2, 0.25) is 5.91 Å². The number of benzene rings is 2. The molecule has 0 aliphatic carbocycles. The molecule has 5 heteroatoms. The van der Waals surface area contributed by atoms with E-state index >= 15 is 0 Å². The second-order valence-corrected chi connectivity index (χ2v) is 6.75. The zero-order chi connectivity index (χ0) is 19.1. The van der Waals surface area contributed by atoms with E-state index in [4.69, 9.17) is 4.74 Å². The summed E-state index contributed by atoms with van der Waals surface area (Å²) in [5.74, 6) is 0.905. The maximum Gasteiger partial charge on any atom is 0.254 e. The van der Waals surface area contributed by atoms with E-state index in [1.807, 2.05) is 71.3 Å². The van der Waals surface area contributed by atoms with Crippen LogP contribution in [0.25, 0.3) is 0 Å². The molecule has 1 aliphatic heterocycles. The normalized spacial score (nSPS) is 14.6. The first-order valence-electron chi connectivity index (χ1n) is 9.45. The SMILES string of the molecule is Cc1ccccc1C(=O)N1CCCN(C(=O)CCOc2ccccc2)CC1. The molecular weight excluding hydrogens is 340 g/mol.